The van der Waals surface area contributed by atoms with Crippen molar-refractivity contribution in [3.05, 3.63) is 54.1 Å². The van der Waals surface area contributed by atoms with Crippen LogP contribution in [0.1, 0.15) is 72.2 Å². The molecule has 33 nitrogen and oxygen atoms in total. The van der Waals surface area contributed by atoms with Crippen LogP contribution in [0.3, 0.4) is 0 Å². The molecule has 0 saturated carbocycles. The highest BCUT2D eigenvalue weighted by Crippen LogP contribution is 2.19. The van der Waals surface area contributed by atoms with E-state index in [0.717, 1.165) is 53.7 Å². The van der Waals surface area contributed by atoms with Crippen LogP contribution in [-0.4, -0.2) is 257 Å². The van der Waals surface area contributed by atoms with Gasteiger partial charge in [0.05, 0.1) is 55.3 Å². The minimum atomic E-state index is -2.38. The second-order valence-electron chi connectivity index (χ2n) is 21.9. The lowest BCUT2D eigenvalue weighted by atomic mass is 9.95. The molecule has 33 heteroatoms. The number of aromatic nitrogens is 2. The Morgan fingerprint density at radius 1 is 0.674 bits per heavy atom. The smallest absolute Gasteiger partial charge is 0.254 e. The zero-order chi connectivity index (χ0) is 65.6. The van der Waals surface area contributed by atoms with Gasteiger partial charge in [-0.3, -0.25) is 47.9 Å². The van der Waals surface area contributed by atoms with Gasteiger partial charge in [-0.2, -0.15) is 0 Å². The van der Waals surface area contributed by atoms with Gasteiger partial charge in [-0.05, 0) is 52.5 Å². The first-order chi connectivity index (χ1) is 40.1. The summed E-state index contributed by atoms with van der Waals surface area (Å²) in [7, 11) is 3.62. The van der Waals surface area contributed by atoms with Crippen molar-refractivity contribution in [1.29, 1.82) is 0 Å². The summed E-state index contributed by atoms with van der Waals surface area (Å²) in [6.45, 7) is 5.44. The van der Waals surface area contributed by atoms with Crippen LogP contribution < -0.4 is 53.6 Å². The summed E-state index contributed by atoms with van der Waals surface area (Å²) in [5.74, 6) is -11.4. The number of benzene rings is 1. The fourth-order valence-corrected chi connectivity index (χ4v) is 8.24. The quantitative estimate of drug-likeness (QED) is 0.0301. The monoisotopic (exact) mass is 1230 g/mol. The molecular weight excluding hydrogens is 1140 g/mol. The highest BCUT2D eigenvalue weighted by atomic mass is 16.5. The number of nitrogens with zero attached hydrogens (tertiary/aromatic N) is 3. The number of hydrogen-bond donors (Lipinski definition) is 19. The summed E-state index contributed by atoms with van der Waals surface area (Å²) in [4.78, 5) is 139. The maximum atomic E-state index is 14.0. The number of carbonyl (C=O) groups is 10. The summed E-state index contributed by atoms with van der Waals surface area (Å²) >= 11 is 0. The van der Waals surface area contributed by atoms with E-state index in [1.54, 1.807) is 44.2 Å². The molecule has 2 rings (SSSR count). The summed E-state index contributed by atoms with van der Waals surface area (Å²) in [6, 6.07) is -3.94. The minimum Gasteiger partial charge on any atom is -0.394 e. The van der Waals surface area contributed by atoms with Crippen molar-refractivity contribution in [1.82, 2.24) is 62.3 Å². The van der Waals surface area contributed by atoms with Crippen molar-refractivity contribution >= 4 is 59.1 Å². The highest BCUT2D eigenvalue weighted by Gasteiger charge is 2.43. The van der Waals surface area contributed by atoms with E-state index < -0.39 is 175 Å². The molecule has 1 heterocycles. The van der Waals surface area contributed by atoms with Gasteiger partial charge in [0.25, 0.3) is 11.8 Å². The maximum absolute atomic E-state index is 14.0. The van der Waals surface area contributed by atoms with Crippen molar-refractivity contribution in [2.45, 2.75) is 151 Å². The highest BCUT2D eigenvalue weighted by molar-refractivity contribution is 5.98. The van der Waals surface area contributed by atoms with Gasteiger partial charge in [-0.25, -0.2) is 4.98 Å². The number of likely N-dealkylation sites (N-methyl/N-ethyl adjacent to an activating group) is 1. The third-order valence-electron chi connectivity index (χ3n) is 13.3. The number of hydrogen-bond acceptors (Lipinski definition) is 22. The molecule has 0 fully saturated rings. The molecule has 0 radical (unpaired) electrons. The first-order valence-corrected chi connectivity index (χ1v) is 27.3. The van der Waals surface area contributed by atoms with Crippen LogP contribution in [0, 0.1) is 5.92 Å². The molecule has 0 bridgehead atoms. The predicted octanol–water partition coefficient (Wildman–Crippen LogP) is -9.21. The minimum absolute atomic E-state index is 0.0321. The third kappa shape index (κ3) is 22.8. The molecule has 10 amide bonds. The average Bonchev–Trinajstić information content (AvgIpc) is 2.33. The van der Waals surface area contributed by atoms with Crippen LogP contribution in [0.15, 0.2) is 42.9 Å². The van der Waals surface area contributed by atoms with Crippen LogP contribution in [0.2, 0.25) is 0 Å². The number of rotatable bonds is 36. The first-order valence-electron chi connectivity index (χ1n) is 27.3. The van der Waals surface area contributed by atoms with Gasteiger partial charge in [-0.15, -0.1) is 0 Å². The molecule has 484 valence electrons. The molecule has 0 aliphatic heterocycles. The molecule has 20 N–H and O–H groups in total. The Morgan fingerprint density at radius 3 is 1.71 bits per heavy atom. The van der Waals surface area contributed by atoms with Gasteiger partial charge in [0.1, 0.15) is 60.6 Å². The summed E-state index contributed by atoms with van der Waals surface area (Å²) in [6.07, 6.45) is -9.34. The predicted molar refractivity (Wildman–Crippen MR) is 301 cm³/mol. The molecule has 0 spiro atoms. The Labute approximate surface area is 496 Å². The molecule has 1 aromatic carbocycles. The Kier molecular flexibility index (Phi) is 30.2. The first kappa shape index (κ1) is 74.8. The fraction of sp³-hybridized carbons (Fsp3) is 0.642. The second kappa shape index (κ2) is 34.7. The number of aryl methyl sites for hydroxylation is 1. The van der Waals surface area contributed by atoms with Crippen LogP contribution in [0.5, 0.6) is 0 Å². The number of carbonyl (C=O) groups excluding carboxylic acids is 10. The van der Waals surface area contributed by atoms with E-state index in [4.69, 9.17) is 10.5 Å². The zero-order valence-electron chi connectivity index (χ0n) is 49.7. The van der Waals surface area contributed by atoms with Gasteiger partial charge in [0, 0.05) is 47.3 Å². The largest absolute Gasteiger partial charge is 0.394 e. The normalized spacial score (nSPS) is 16.3. The van der Waals surface area contributed by atoms with E-state index in [9.17, 15) is 93.9 Å². The van der Waals surface area contributed by atoms with E-state index in [2.05, 4.69) is 52.8 Å². The van der Waals surface area contributed by atoms with Crippen molar-refractivity contribution in [3.63, 3.8) is 0 Å². The van der Waals surface area contributed by atoms with Crippen LogP contribution >= 0.6 is 0 Å². The van der Waals surface area contributed by atoms with E-state index in [1.165, 1.54) is 24.1 Å². The number of amides is 10. The maximum Gasteiger partial charge on any atom is 0.254 e. The lowest BCUT2D eigenvalue weighted by molar-refractivity contribution is -0.156. The van der Waals surface area contributed by atoms with Gasteiger partial charge in [0.15, 0.2) is 12.2 Å². The van der Waals surface area contributed by atoms with Gasteiger partial charge >= 0.3 is 0 Å². The lowest BCUT2D eigenvalue weighted by Crippen LogP contribution is -2.65. The zero-order valence-corrected chi connectivity index (χ0v) is 49.7. The Bertz CT molecular complexity index is 2580. The Morgan fingerprint density at radius 2 is 1.21 bits per heavy atom. The van der Waals surface area contributed by atoms with Gasteiger partial charge in [0.2, 0.25) is 47.3 Å². The molecule has 0 aliphatic rings. The Hall–Kier alpha value is -7.31. The van der Waals surface area contributed by atoms with E-state index in [-0.39, 0.29) is 37.5 Å². The summed E-state index contributed by atoms with van der Waals surface area (Å²) in [5, 5.41) is 116. The van der Waals surface area contributed by atoms with Gasteiger partial charge in [-0.1, -0.05) is 44.2 Å². The third-order valence-corrected chi connectivity index (χ3v) is 13.3. The number of aliphatic hydroxyl groups excluding tert-OH is 7. The molecule has 0 aliphatic carbocycles. The average molecular weight is 1230 g/mol. The SMILES string of the molecule is CO[C@@H](CNC(=O)[C@H](NC(=O)[C@H](O)[C@H](C)O)[C@H](O)c1cncn1C)[C@H](O)[C@H](O)C(=O)N(C)[C@@H](Cc1ccccc1)C(=O)NCC(=O)N[C@H](C(=O)N[C@@H](CO)C(=O)N[C@H](C(=O)N[C@@H](CC(C)C)C(=O)N[C@@H](CO)C(=O)NCCN)C(C)(C)O)C(C)(C)O. The van der Waals surface area contributed by atoms with Crippen molar-refractivity contribution < 1.29 is 98.6 Å². The number of imidazole rings is 1. The molecule has 1 aromatic heterocycles. The standard InChI is InChI=1S/C53H87N13O20/c1-26(2)18-29(44(76)60-30(23-67)43(75)56-17-16-54)59-50(82)42(53(6,7)85)64-45(77)31(24-68)61-49(81)41(52(4,5)84)62-35(70)22-58-46(78)32(19-28-14-12-11-13-15-28)66(9)51(83)40(74)39(73)34(86-10)21-57-47(79)36(63-48(80)37(71)27(3)69)38(72)33-20-55-25-65(33)8/h11-15,20,25-27,29-32,34,36-42,67-69,71-74,84-85H,16-19,21-24,54H2,1-10H3,(H,56,75)(H,57,79)(H,58,78)(H,59,82)(H,60,76)(H,61,81)(H,62,70)(H,63,80)(H,64,77)/t27-,29-,30-,31-,32-,34-,36+,37+,38+,39-,40-,41+,42+/m0/s1. The van der Waals surface area contributed by atoms with E-state index in [1.807, 2.05) is 0 Å². The van der Waals surface area contributed by atoms with Crippen LogP contribution in [0.25, 0.3) is 0 Å². The summed E-state index contributed by atoms with van der Waals surface area (Å²) in [5.41, 5.74) is 1.67. The van der Waals surface area contributed by atoms with Crippen LogP contribution in [0.4, 0.5) is 0 Å². The van der Waals surface area contributed by atoms with Crippen molar-refractivity contribution in [2.24, 2.45) is 18.7 Å². The molecule has 0 saturated heterocycles. The number of nitrogens with one attached hydrogen (secondary N) is 9. The topological polar surface area (TPSA) is 517 Å². The fourth-order valence-electron chi connectivity index (χ4n) is 8.24. The van der Waals surface area contributed by atoms with Gasteiger partial charge < -0.3 is 114 Å². The lowest BCUT2D eigenvalue weighted by Gasteiger charge is -2.33. The number of methoxy groups -OCH3 is 1. The molecule has 2 aromatic rings. The molecule has 0 unspecified atom stereocenters. The Balaban J connectivity index is 2.29. The van der Waals surface area contributed by atoms with Crippen molar-refractivity contribution in [2.75, 3.05) is 53.6 Å². The van der Waals surface area contributed by atoms with Crippen molar-refractivity contribution in [3.8, 4) is 0 Å². The number of nitrogens with two attached hydrogens (primary N) is 1. The number of aliphatic hydroxyl groups is 9. The van der Waals surface area contributed by atoms with E-state index in [0.29, 0.717) is 5.56 Å². The molecule has 13 atom stereocenters. The molecule has 86 heavy (non-hydrogen) atoms. The molecular formula is C53H87N13O20. The van der Waals surface area contributed by atoms with Crippen LogP contribution in [-0.2, 0) is 66.2 Å². The number of ether oxygens (including phenoxy) is 1. The summed E-state index contributed by atoms with van der Waals surface area (Å²) < 4.78 is 6.61. The second-order valence-corrected chi connectivity index (χ2v) is 21.9. The van der Waals surface area contributed by atoms with E-state index >= 15 is 0 Å².